The van der Waals surface area contributed by atoms with Gasteiger partial charge in [-0.3, -0.25) is 14.5 Å². The molecule has 238 valence electrons. The first kappa shape index (κ1) is 31.8. The minimum absolute atomic E-state index is 0.0667. The number of hydrogen-bond acceptors (Lipinski definition) is 6. The zero-order valence-corrected chi connectivity index (χ0v) is 25.6. The fraction of sp³-hybridized carbons (Fsp3) is 0.394. The predicted octanol–water partition coefficient (Wildman–Crippen LogP) is 6.73. The van der Waals surface area contributed by atoms with E-state index in [1.54, 1.807) is 62.4 Å². The minimum atomic E-state index is -4.75. The van der Waals surface area contributed by atoms with Crippen molar-refractivity contribution in [2.75, 3.05) is 19.1 Å². The molecule has 9 nitrogen and oxygen atoms in total. The largest absolute Gasteiger partial charge is 0.497 e. The van der Waals surface area contributed by atoms with Crippen LogP contribution in [0.5, 0.6) is 11.5 Å². The SMILES string of the molecule is COc1ccc([C@@H](C(=O)NC2CCCCC2)N(C(=O)c2cc3nc(C(C)C)cc(C(F)(F)F)n3n2)c2ccc(OC)cc2)cc1. The molecule has 0 bridgehead atoms. The number of nitrogens with zero attached hydrogens (tertiary/aromatic N) is 4. The fourth-order valence-electron chi connectivity index (χ4n) is 5.58. The van der Waals surface area contributed by atoms with Gasteiger partial charge in [0.25, 0.3) is 5.91 Å². The third-order valence-electron chi connectivity index (χ3n) is 8.01. The number of amides is 2. The molecule has 45 heavy (non-hydrogen) atoms. The normalized spacial score (nSPS) is 14.8. The Labute approximate surface area is 259 Å². The zero-order valence-electron chi connectivity index (χ0n) is 25.6. The van der Waals surface area contributed by atoms with Gasteiger partial charge in [-0.1, -0.05) is 45.2 Å². The molecule has 0 aliphatic heterocycles. The van der Waals surface area contributed by atoms with Gasteiger partial charge >= 0.3 is 6.18 Å². The molecule has 0 spiro atoms. The van der Waals surface area contributed by atoms with E-state index in [4.69, 9.17) is 9.47 Å². The molecule has 2 aromatic heterocycles. The van der Waals surface area contributed by atoms with Crippen molar-refractivity contribution in [3.63, 3.8) is 0 Å². The third-order valence-corrected chi connectivity index (χ3v) is 8.01. The average Bonchev–Trinajstić information content (AvgIpc) is 3.47. The quantitative estimate of drug-likeness (QED) is 0.222. The van der Waals surface area contributed by atoms with Crippen LogP contribution >= 0.6 is 0 Å². The Balaban J connectivity index is 1.67. The standard InChI is InChI=1S/C33H36F3N5O4/c1-20(2)26-18-28(33(34,35)36)41-29(38-26)19-27(39-41)32(43)40(23-12-16-25(45-4)17-13-23)30(21-10-14-24(44-3)15-11-21)31(42)37-22-8-6-5-7-9-22/h10-20,22,30H,5-9H2,1-4H3,(H,37,42)/t30-/m0/s1. The number of fused-ring (bicyclic) bond motifs is 1. The topological polar surface area (TPSA) is 98.1 Å². The van der Waals surface area contributed by atoms with Crippen molar-refractivity contribution in [1.29, 1.82) is 0 Å². The molecule has 2 amide bonds. The number of carbonyl (C=O) groups is 2. The molecule has 2 aromatic carbocycles. The van der Waals surface area contributed by atoms with Crippen LogP contribution in [0.4, 0.5) is 18.9 Å². The molecule has 5 rings (SSSR count). The lowest BCUT2D eigenvalue weighted by Gasteiger charge is -2.33. The molecule has 1 fully saturated rings. The van der Waals surface area contributed by atoms with Gasteiger partial charge in [0, 0.05) is 23.5 Å². The van der Waals surface area contributed by atoms with Crippen LogP contribution in [0.15, 0.2) is 60.7 Å². The van der Waals surface area contributed by atoms with Crippen LogP contribution in [-0.2, 0) is 11.0 Å². The van der Waals surface area contributed by atoms with E-state index in [1.807, 2.05) is 0 Å². The van der Waals surface area contributed by atoms with E-state index in [0.717, 1.165) is 38.2 Å². The molecule has 0 unspecified atom stereocenters. The third kappa shape index (κ3) is 6.89. The van der Waals surface area contributed by atoms with Crippen molar-refractivity contribution >= 4 is 23.1 Å². The van der Waals surface area contributed by atoms with Crippen LogP contribution in [-0.4, -0.2) is 46.7 Å². The van der Waals surface area contributed by atoms with Crippen LogP contribution in [0.1, 0.15) is 85.4 Å². The summed E-state index contributed by atoms with van der Waals surface area (Å²) in [7, 11) is 3.02. The Morgan fingerprint density at radius 2 is 1.53 bits per heavy atom. The number of rotatable bonds is 9. The lowest BCUT2D eigenvalue weighted by molar-refractivity contribution is -0.142. The Morgan fingerprint density at radius 1 is 0.933 bits per heavy atom. The molecule has 2 heterocycles. The van der Waals surface area contributed by atoms with Crippen molar-refractivity contribution in [2.24, 2.45) is 0 Å². The minimum Gasteiger partial charge on any atom is -0.497 e. The van der Waals surface area contributed by atoms with Crippen molar-refractivity contribution in [1.82, 2.24) is 19.9 Å². The number of ether oxygens (including phenoxy) is 2. The molecule has 12 heteroatoms. The molecular weight excluding hydrogens is 587 g/mol. The zero-order chi connectivity index (χ0) is 32.3. The summed E-state index contributed by atoms with van der Waals surface area (Å²) in [6.07, 6.45) is -0.0770. The van der Waals surface area contributed by atoms with Crippen LogP contribution in [0, 0.1) is 0 Å². The first-order valence-electron chi connectivity index (χ1n) is 14.9. The first-order valence-corrected chi connectivity index (χ1v) is 14.9. The summed E-state index contributed by atoms with van der Waals surface area (Å²) >= 11 is 0. The average molecular weight is 624 g/mol. The van der Waals surface area contributed by atoms with Gasteiger partial charge in [0.1, 0.15) is 23.2 Å². The Kier molecular flexibility index (Phi) is 9.31. The Morgan fingerprint density at radius 3 is 2.09 bits per heavy atom. The fourth-order valence-corrected chi connectivity index (χ4v) is 5.58. The summed E-state index contributed by atoms with van der Waals surface area (Å²) in [4.78, 5) is 34.3. The van der Waals surface area contributed by atoms with Crippen molar-refractivity contribution in [3.8, 4) is 11.5 Å². The van der Waals surface area contributed by atoms with Gasteiger partial charge in [-0.25, -0.2) is 9.50 Å². The molecule has 1 saturated carbocycles. The first-order chi connectivity index (χ1) is 21.5. The van der Waals surface area contributed by atoms with E-state index >= 15 is 0 Å². The maximum atomic E-state index is 14.5. The van der Waals surface area contributed by atoms with Crippen molar-refractivity contribution in [3.05, 3.63) is 83.3 Å². The highest BCUT2D eigenvalue weighted by atomic mass is 19.4. The van der Waals surface area contributed by atoms with Gasteiger partial charge in [-0.15, -0.1) is 0 Å². The molecular formula is C33H36F3N5O4. The Hall–Kier alpha value is -4.61. The lowest BCUT2D eigenvalue weighted by atomic mass is 9.94. The number of aromatic nitrogens is 3. The number of halogens is 3. The Bertz CT molecular complexity index is 1650. The highest BCUT2D eigenvalue weighted by Gasteiger charge is 2.38. The summed E-state index contributed by atoms with van der Waals surface area (Å²) < 4.78 is 53.7. The molecule has 0 saturated heterocycles. The molecule has 0 radical (unpaired) electrons. The van der Waals surface area contributed by atoms with Gasteiger partial charge in [0.05, 0.1) is 14.2 Å². The van der Waals surface area contributed by atoms with E-state index in [2.05, 4.69) is 15.4 Å². The number of alkyl halides is 3. The lowest BCUT2D eigenvalue weighted by Crippen LogP contribution is -2.47. The van der Waals surface area contributed by atoms with Gasteiger partial charge in [0.2, 0.25) is 5.91 Å². The molecule has 1 aliphatic rings. The van der Waals surface area contributed by atoms with Crippen molar-refractivity contribution in [2.45, 2.75) is 70.1 Å². The number of anilines is 1. The van der Waals surface area contributed by atoms with Gasteiger partial charge in [-0.05, 0) is 66.8 Å². The van der Waals surface area contributed by atoms with Crippen LogP contribution < -0.4 is 19.7 Å². The van der Waals surface area contributed by atoms with Crippen LogP contribution in [0.3, 0.4) is 0 Å². The van der Waals surface area contributed by atoms with E-state index in [1.165, 1.54) is 25.2 Å². The monoisotopic (exact) mass is 623 g/mol. The van der Waals surface area contributed by atoms with Crippen molar-refractivity contribution < 1.29 is 32.2 Å². The van der Waals surface area contributed by atoms with Crippen LogP contribution in [0.25, 0.3) is 5.65 Å². The predicted molar refractivity (Wildman–Crippen MR) is 163 cm³/mol. The van der Waals surface area contributed by atoms with E-state index in [-0.39, 0.29) is 29.0 Å². The number of hydrogen-bond donors (Lipinski definition) is 1. The van der Waals surface area contributed by atoms with E-state index in [9.17, 15) is 22.8 Å². The maximum absolute atomic E-state index is 14.5. The maximum Gasteiger partial charge on any atom is 0.433 e. The highest BCUT2D eigenvalue weighted by molar-refractivity contribution is 6.09. The summed E-state index contributed by atoms with van der Waals surface area (Å²) in [6.45, 7) is 3.47. The van der Waals surface area contributed by atoms with Gasteiger partial charge in [0.15, 0.2) is 11.3 Å². The van der Waals surface area contributed by atoms with E-state index in [0.29, 0.717) is 27.3 Å². The smallest absolute Gasteiger partial charge is 0.433 e. The number of benzene rings is 2. The summed E-state index contributed by atoms with van der Waals surface area (Å²) in [6, 6.07) is 14.2. The second-order valence-corrected chi connectivity index (χ2v) is 11.4. The number of methoxy groups -OCH3 is 2. The molecule has 1 N–H and O–H groups in total. The highest BCUT2D eigenvalue weighted by Crippen LogP contribution is 2.34. The number of carbonyl (C=O) groups excluding carboxylic acids is 2. The second-order valence-electron chi connectivity index (χ2n) is 11.4. The van der Waals surface area contributed by atoms with E-state index < -0.39 is 29.7 Å². The summed E-state index contributed by atoms with van der Waals surface area (Å²) in [5.41, 5.74) is -0.456. The van der Waals surface area contributed by atoms with Gasteiger partial charge < -0.3 is 14.8 Å². The summed E-state index contributed by atoms with van der Waals surface area (Å²) in [5, 5.41) is 7.23. The van der Waals surface area contributed by atoms with Gasteiger partial charge in [-0.2, -0.15) is 18.3 Å². The molecule has 1 aliphatic carbocycles. The van der Waals surface area contributed by atoms with Crippen LogP contribution in [0.2, 0.25) is 0 Å². The molecule has 1 atom stereocenters. The number of nitrogens with one attached hydrogen (secondary N) is 1. The summed E-state index contributed by atoms with van der Waals surface area (Å²) in [5.74, 6) is -0.420. The molecule has 4 aromatic rings. The second kappa shape index (κ2) is 13.2.